The third kappa shape index (κ3) is 6.02. The van der Waals surface area contributed by atoms with Crippen molar-refractivity contribution in [3.05, 3.63) is 76.3 Å². The quantitative estimate of drug-likeness (QED) is 0.318. The highest BCUT2D eigenvalue weighted by atomic mass is 32.2. The molecule has 3 aromatic rings. The van der Waals surface area contributed by atoms with Crippen LogP contribution in [0.5, 0.6) is 5.75 Å². The summed E-state index contributed by atoms with van der Waals surface area (Å²) < 4.78 is 5.12. The largest absolute Gasteiger partial charge is 0.497 e. The van der Waals surface area contributed by atoms with Gasteiger partial charge in [-0.2, -0.15) is 0 Å². The van der Waals surface area contributed by atoms with Crippen molar-refractivity contribution < 1.29 is 14.5 Å². The maximum absolute atomic E-state index is 12.0. The second-order valence-electron chi connectivity index (χ2n) is 6.30. The van der Waals surface area contributed by atoms with E-state index in [2.05, 4.69) is 15.5 Å². The van der Waals surface area contributed by atoms with Crippen LogP contribution in [0.3, 0.4) is 0 Å². The molecular weight excluding hydrogens is 404 g/mol. The molecule has 0 bridgehead atoms. The van der Waals surface area contributed by atoms with Crippen LogP contribution in [0.25, 0.3) is 11.3 Å². The Balaban J connectivity index is 1.45. The highest BCUT2D eigenvalue weighted by molar-refractivity contribution is 7.99. The molecule has 0 aliphatic heterocycles. The van der Waals surface area contributed by atoms with Gasteiger partial charge in [-0.15, -0.1) is 10.2 Å². The van der Waals surface area contributed by atoms with Gasteiger partial charge in [-0.05, 0) is 36.2 Å². The molecular formula is C21H20N4O4S. The number of hydrogen-bond acceptors (Lipinski definition) is 7. The molecule has 0 unspecified atom stereocenters. The van der Waals surface area contributed by atoms with Crippen LogP contribution in [0, 0.1) is 10.1 Å². The van der Waals surface area contributed by atoms with Gasteiger partial charge in [0.2, 0.25) is 5.91 Å². The Morgan fingerprint density at radius 2 is 1.93 bits per heavy atom. The van der Waals surface area contributed by atoms with Crippen molar-refractivity contribution in [2.75, 3.05) is 19.4 Å². The molecule has 0 spiro atoms. The molecule has 154 valence electrons. The minimum absolute atomic E-state index is 0.000868. The number of carbonyl (C=O) groups excluding carboxylic acids is 1. The summed E-state index contributed by atoms with van der Waals surface area (Å²) in [5, 5.41) is 22.6. The van der Waals surface area contributed by atoms with Gasteiger partial charge < -0.3 is 10.1 Å². The predicted molar refractivity (Wildman–Crippen MR) is 115 cm³/mol. The molecule has 0 aliphatic carbocycles. The fourth-order valence-corrected chi connectivity index (χ4v) is 3.30. The molecule has 9 heteroatoms. The van der Waals surface area contributed by atoms with Gasteiger partial charge in [-0.3, -0.25) is 14.9 Å². The van der Waals surface area contributed by atoms with E-state index in [1.165, 1.54) is 23.9 Å². The number of amides is 1. The summed E-state index contributed by atoms with van der Waals surface area (Å²) in [7, 11) is 1.62. The maximum atomic E-state index is 12.0. The lowest BCUT2D eigenvalue weighted by Crippen LogP contribution is -2.27. The number of thioether (sulfide) groups is 1. The van der Waals surface area contributed by atoms with E-state index in [4.69, 9.17) is 4.74 Å². The summed E-state index contributed by atoms with van der Waals surface area (Å²) in [6.07, 6.45) is 0.734. The molecule has 0 fully saturated rings. The molecule has 2 aromatic carbocycles. The van der Waals surface area contributed by atoms with Crippen molar-refractivity contribution >= 4 is 23.4 Å². The molecule has 0 aliphatic rings. The second kappa shape index (κ2) is 10.4. The van der Waals surface area contributed by atoms with Crippen LogP contribution < -0.4 is 10.1 Å². The lowest BCUT2D eigenvalue weighted by molar-refractivity contribution is -0.384. The molecule has 0 saturated heterocycles. The molecule has 0 saturated carbocycles. The number of carbonyl (C=O) groups is 1. The summed E-state index contributed by atoms with van der Waals surface area (Å²) >= 11 is 1.28. The Labute approximate surface area is 177 Å². The van der Waals surface area contributed by atoms with Gasteiger partial charge in [0.25, 0.3) is 5.69 Å². The van der Waals surface area contributed by atoms with Crippen LogP contribution in [0.1, 0.15) is 5.56 Å². The van der Waals surface area contributed by atoms with Crippen molar-refractivity contribution in [2.24, 2.45) is 0 Å². The summed E-state index contributed by atoms with van der Waals surface area (Å²) in [5.74, 6) is 0.947. The van der Waals surface area contributed by atoms with E-state index in [1.54, 1.807) is 31.4 Å². The smallest absolute Gasteiger partial charge is 0.270 e. The number of nitro groups is 1. The van der Waals surface area contributed by atoms with Crippen molar-refractivity contribution in [2.45, 2.75) is 11.4 Å². The summed E-state index contributed by atoms with van der Waals surface area (Å²) in [6.45, 7) is 0.545. The fraction of sp³-hybridized carbons (Fsp3) is 0.190. The topological polar surface area (TPSA) is 107 Å². The Morgan fingerprint density at radius 3 is 2.60 bits per heavy atom. The Kier molecular flexibility index (Phi) is 7.34. The van der Waals surface area contributed by atoms with E-state index >= 15 is 0 Å². The summed E-state index contributed by atoms with van der Waals surface area (Å²) in [6, 6.07) is 17.4. The standard InChI is InChI=1S/C21H20N4O4S/c1-29-18-7-5-15(6-8-18)11-12-22-20(26)14-30-21-10-9-19(23-24-21)16-3-2-4-17(13-16)25(27)28/h2-10,13H,11-12,14H2,1H3,(H,22,26). The number of methoxy groups -OCH3 is 1. The minimum atomic E-state index is -0.450. The Morgan fingerprint density at radius 1 is 1.13 bits per heavy atom. The van der Waals surface area contributed by atoms with Gasteiger partial charge in [-0.1, -0.05) is 36.0 Å². The monoisotopic (exact) mass is 424 g/mol. The number of benzene rings is 2. The normalized spacial score (nSPS) is 10.4. The average Bonchev–Trinajstić information content (AvgIpc) is 2.78. The lowest BCUT2D eigenvalue weighted by Gasteiger charge is -2.06. The van der Waals surface area contributed by atoms with Crippen LogP contribution in [0.15, 0.2) is 65.7 Å². The number of non-ortho nitro benzene ring substituents is 1. The Hall–Kier alpha value is -3.46. The predicted octanol–water partition coefficient (Wildman–Crippen LogP) is 3.51. The number of hydrogen-bond donors (Lipinski definition) is 1. The number of aromatic nitrogens is 2. The molecule has 8 nitrogen and oxygen atoms in total. The van der Waals surface area contributed by atoms with Gasteiger partial charge in [-0.25, -0.2) is 0 Å². The summed E-state index contributed by atoms with van der Waals surface area (Å²) in [4.78, 5) is 22.5. The first-order valence-electron chi connectivity index (χ1n) is 9.16. The molecule has 1 aromatic heterocycles. The summed E-state index contributed by atoms with van der Waals surface area (Å²) in [5.41, 5.74) is 2.27. The molecule has 1 amide bonds. The lowest BCUT2D eigenvalue weighted by atomic mass is 10.1. The van der Waals surface area contributed by atoms with Crippen molar-refractivity contribution in [1.82, 2.24) is 15.5 Å². The maximum Gasteiger partial charge on any atom is 0.270 e. The molecule has 30 heavy (non-hydrogen) atoms. The third-order valence-corrected chi connectivity index (χ3v) is 5.16. The zero-order chi connectivity index (χ0) is 21.3. The number of nitrogens with zero attached hydrogens (tertiary/aromatic N) is 3. The van der Waals surface area contributed by atoms with Crippen molar-refractivity contribution in [3.8, 4) is 17.0 Å². The first-order chi connectivity index (χ1) is 14.5. The Bertz CT molecular complexity index is 1010. The highest BCUT2D eigenvalue weighted by Gasteiger charge is 2.09. The number of rotatable bonds is 9. The van der Waals surface area contributed by atoms with Crippen LogP contribution in [-0.2, 0) is 11.2 Å². The van der Waals surface area contributed by atoms with Crippen LogP contribution in [0.2, 0.25) is 0 Å². The van der Waals surface area contributed by atoms with Gasteiger partial charge in [0.05, 0.1) is 23.5 Å². The number of nitro benzene ring substituents is 1. The van der Waals surface area contributed by atoms with Gasteiger partial charge in [0, 0.05) is 24.2 Å². The van der Waals surface area contributed by atoms with E-state index in [-0.39, 0.29) is 17.3 Å². The number of nitrogens with one attached hydrogen (secondary N) is 1. The third-order valence-electron chi connectivity index (χ3n) is 4.24. The van der Waals surface area contributed by atoms with E-state index in [0.29, 0.717) is 22.8 Å². The molecule has 3 rings (SSSR count). The second-order valence-corrected chi connectivity index (χ2v) is 7.30. The van der Waals surface area contributed by atoms with E-state index in [9.17, 15) is 14.9 Å². The molecule has 1 heterocycles. The van der Waals surface area contributed by atoms with Crippen LogP contribution in [-0.4, -0.2) is 40.4 Å². The van der Waals surface area contributed by atoms with Gasteiger partial charge in [0.1, 0.15) is 10.8 Å². The highest BCUT2D eigenvalue weighted by Crippen LogP contribution is 2.23. The van der Waals surface area contributed by atoms with Crippen molar-refractivity contribution in [3.63, 3.8) is 0 Å². The first kappa shape index (κ1) is 21.3. The van der Waals surface area contributed by atoms with Crippen LogP contribution in [0.4, 0.5) is 5.69 Å². The molecule has 1 N–H and O–H groups in total. The van der Waals surface area contributed by atoms with E-state index in [0.717, 1.165) is 17.7 Å². The van der Waals surface area contributed by atoms with Gasteiger partial charge >= 0.3 is 0 Å². The SMILES string of the molecule is COc1ccc(CCNC(=O)CSc2ccc(-c3cccc([N+](=O)[O-])c3)nn2)cc1. The average molecular weight is 424 g/mol. The van der Waals surface area contributed by atoms with Crippen molar-refractivity contribution in [1.29, 1.82) is 0 Å². The van der Waals surface area contributed by atoms with E-state index < -0.39 is 4.92 Å². The van der Waals surface area contributed by atoms with Gasteiger partial charge in [0.15, 0.2) is 0 Å². The minimum Gasteiger partial charge on any atom is -0.497 e. The van der Waals surface area contributed by atoms with E-state index in [1.807, 2.05) is 24.3 Å². The number of ether oxygens (including phenoxy) is 1. The first-order valence-corrected chi connectivity index (χ1v) is 10.1. The molecule has 0 radical (unpaired) electrons. The van der Waals surface area contributed by atoms with Crippen LogP contribution >= 0.6 is 11.8 Å². The fourth-order valence-electron chi connectivity index (χ4n) is 2.66. The zero-order valence-corrected chi connectivity index (χ0v) is 17.1. The zero-order valence-electron chi connectivity index (χ0n) is 16.3. The molecule has 0 atom stereocenters.